The van der Waals surface area contributed by atoms with Crippen LogP contribution < -0.4 is 4.90 Å². The molecule has 1 aromatic heterocycles. The average molecular weight is 357 g/mol. The van der Waals surface area contributed by atoms with Gasteiger partial charge in [-0.25, -0.2) is 4.79 Å². The molecule has 0 bridgehead atoms. The van der Waals surface area contributed by atoms with Crippen molar-refractivity contribution in [3.05, 3.63) is 64.8 Å². The molecule has 0 unspecified atom stereocenters. The number of carboxylic acid groups (broad SMARTS) is 1. The minimum absolute atomic E-state index is 0.00794. The lowest BCUT2D eigenvalue weighted by atomic mass is 10.1. The standard InChI is InChI=1S/C19H17ClN2O3/c1-21(13-7-5-6-12(20)10-13)17(23)11-15-14-8-3-4-9-16(14)22(2)18(15)19(24)25/h3-10H,11H2,1-2H3,(H,24,25). The van der Waals surface area contributed by atoms with Gasteiger partial charge < -0.3 is 14.6 Å². The van der Waals surface area contributed by atoms with Crippen LogP contribution in [-0.4, -0.2) is 28.6 Å². The van der Waals surface area contributed by atoms with E-state index in [-0.39, 0.29) is 18.0 Å². The number of carbonyl (C=O) groups excluding carboxylic acids is 1. The molecule has 0 atom stereocenters. The summed E-state index contributed by atoms with van der Waals surface area (Å²) in [6.45, 7) is 0. The Bertz CT molecular complexity index is 978. The number of benzene rings is 2. The van der Waals surface area contributed by atoms with Gasteiger partial charge in [0.2, 0.25) is 5.91 Å². The first-order valence-electron chi connectivity index (χ1n) is 7.72. The molecule has 1 N–H and O–H groups in total. The lowest BCUT2D eigenvalue weighted by Crippen LogP contribution is -2.28. The van der Waals surface area contributed by atoms with E-state index in [4.69, 9.17) is 11.6 Å². The number of halogens is 1. The van der Waals surface area contributed by atoms with E-state index in [2.05, 4.69) is 0 Å². The summed E-state index contributed by atoms with van der Waals surface area (Å²) in [5.74, 6) is -1.26. The number of hydrogen-bond donors (Lipinski definition) is 1. The summed E-state index contributed by atoms with van der Waals surface area (Å²) in [5.41, 5.74) is 2.10. The normalized spacial score (nSPS) is 10.8. The second-order valence-corrected chi connectivity index (χ2v) is 6.25. The van der Waals surface area contributed by atoms with Crippen LogP contribution in [0.1, 0.15) is 16.1 Å². The SMILES string of the molecule is CN(C(=O)Cc1c(C(=O)O)n(C)c2ccccc12)c1cccc(Cl)c1. The Kier molecular flexibility index (Phi) is 4.51. The molecule has 2 aromatic carbocycles. The third kappa shape index (κ3) is 3.10. The highest BCUT2D eigenvalue weighted by Gasteiger charge is 2.23. The van der Waals surface area contributed by atoms with E-state index in [1.807, 2.05) is 24.3 Å². The highest BCUT2D eigenvalue weighted by Crippen LogP contribution is 2.27. The molecular formula is C19H17ClN2O3. The number of anilines is 1. The minimum atomic E-state index is -1.05. The highest BCUT2D eigenvalue weighted by atomic mass is 35.5. The maximum atomic E-state index is 12.7. The van der Waals surface area contributed by atoms with Crippen molar-refractivity contribution >= 4 is 40.1 Å². The number of fused-ring (bicyclic) bond motifs is 1. The second-order valence-electron chi connectivity index (χ2n) is 5.82. The van der Waals surface area contributed by atoms with Crippen LogP contribution in [0, 0.1) is 0 Å². The van der Waals surface area contributed by atoms with Crippen LogP contribution >= 0.6 is 11.6 Å². The number of hydrogen-bond acceptors (Lipinski definition) is 2. The summed E-state index contributed by atoms with van der Waals surface area (Å²) in [6, 6.07) is 14.3. The maximum absolute atomic E-state index is 12.7. The monoisotopic (exact) mass is 356 g/mol. The van der Waals surface area contributed by atoms with Crippen molar-refractivity contribution in [2.45, 2.75) is 6.42 Å². The van der Waals surface area contributed by atoms with Crippen molar-refractivity contribution in [1.82, 2.24) is 4.57 Å². The van der Waals surface area contributed by atoms with Crippen molar-refractivity contribution in [3.8, 4) is 0 Å². The summed E-state index contributed by atoms with van der Waals surface area (Å²) >= 11 is 5.98. The number of carboxylic acids is 1. The van der Waals surface area contributed by atoms with E-state index in [0.717, 1.165) is 10.9 Å². The molecule has 6 heteroatoms. The number of carbonyl (C=O) groups is 2. The van der Waals surface area contributed by atoms with E-state index in [9.17, 15) is 14.7 Å². The van der Waals surface area contributed by atoms with Crippen LogP contribution in [0.25, 0.3) is 10.9 Å². The highest BCUT2D eigenvalue weighted by molar-refractivity contribution is 6.30. The number of aromatic nitrogens is 1. The Morgan fingerprint density at radius 3 is 2.56 bits per heavy atom. The number of aryl methyl sites for hydroxylation is 1. The van der Waals surface area contributed by atoms with Gasteiger partial charge in [-0.15, -0.1) is 0 Å². The predicted octanol–water partition coefficient (Wildman–Crippen LogP) is 3.74. The van der Waals surface area contributed by atoms with Crippen LogP contribution in [0.15, 0.2) is 48.5 Å². The van der Waals surface area contributed by atoms with Crippen LogP contribution in [0.4, 0.5) is 5.69 Å². The third-order valence-corrected chi connectivity index (χ3v) is 4.55. The molecule has 1 heterocycles. The van der Waals surface area contributed by atoms with Crippen molar-refractivity contribution in [2.24, 2.45) is 7.05 Å². The molecule has 5 nitrogen and oxygen atoms in total. The number of aromatic carboxylic acids is 1. The van der Waals surface area contributed by atoms with Crippen molar-refractivity contribution in [1.29, 1.82) is 0 Å². The van der Waals surface area contributed by atoms with Crippen LogP contribution in [0.3, 0.4) is 0 Å². The third-order valence-electron chi connectivity index (χ3n) is 4.31. The topological polar surface area (TPSA) is 62.5 Å². The number of amides is 1. The number of likely N-dealkylation sites (N-methyl/N-ethyl adjacent to an activating group) is 1. The Hall–Kier alpha value is -2.79. The van der Waals surface area contributed by atoms with Crippen LogP contribution in [0.5, 0.6) is 0 Å². The molecule has 128 valence electrons. The molecule has 3 aromatic rings. The lowest BCUT2D eigenvalue weighted by Gasteiger charge is -2.17. The molecular weight excluding hydrogens is 340 g/mol. The zero-order chi connectivity index (χ0) is 18.1. The Morgan fingerprint density at radius 1 is 1.16 bits per heavy atom. The molecule has 0 aliphatic heterocycles. The zero-order valence-corrected chi connectivity index (χ0v) is 14.6. The fourth-order valence-corrected chi connectivity index (χ4v) is 3.21. The lowest BCUT2D eigenvalue weighted by molar-refractivity contribution is -0.117. The Morgan fingerprint density at radius 2 is 1.88 bits per heavy atom. The predicted molar refractivity (Wildman–Crippen MR) is 98.4 cm³/mol. The van der Waals surface area contributed by atoms with Gasteiger partial charge in [0.25, 0.3) is 0 Å². The Balaban J connectivity index is 2.01. The molecule has 0 saturated carbocycles. The molecule has 0 saturated heterocycles. The first-order valence-corrected chi connectivity index (χ1v) is 8.09. The summed E-state index contributed by atoms with van der Waals surface area (Å²) in [5, 5.41) is 10.9. The summed E-state index contributed by atoms with van der Waals surface area (Å²) in [4.78, 5) is 25.9. The number of rotatable bonds is 4. The maximum Gasteiger partial charge on any atom is 0.352 e. The van der Waals surface area contributed by atoms with Gasteiger partial charge in [0.1, 0.15) is 5.69 Å². The fraction of sp³-hybridized carbons (Fsp3) is 0.158. The molecule has 0 spiro atoms. The second kappa shape index (κ2) is 6.61. The van der Waals surface area contributed by atoms with Crippen LogP contribution in [-0.2, 0) is 18.3 Å². The molecule has 3 rings (SSSR count). The molecule has 25 heavy (non-hydrogen) atoms. The molecule has 0 fully saturated rings. The average Bonchev–Trinajstić information content (AvgIpc) is 2.87. The van der Waals surface area contributed by atoms with Gasteiger partial charge in [-0.05, 0) is 24.3 Å². The summed E-state index contributed by atoms with van der Waals surface area (Å²) < 4.78 is 1.61. The van der Waals surface area contributed by atoms with Crippen LogP contribution in [0.2, 0.25) is 5.02 Å². The largest absolute Gasteiger partial charge is 0.477 e. The molecule has 0 aliphatic rings. The van der Waals surface area contributed by atoms with Gasteiger partial charge in [0, 0.05) is 41.3 Å². The zero-order valence-electron chi connectivity index (χ0n) is 13.9. The Labute approximate surface area is 150 Å². The quantitative estimate of drug-likeness (QED) is 0.774. The van der Waals surface area contributed by atoms with Gasteiger partial charge in [-0.3, -0.25) is 4.79 Å². The van der Waals surface area contributed by atoms with Crippen molar-refractivity contribution in [3.63, 3.8) is 0 Å². The van der Waals surface area contributed by atoms with E-state index < -0.39 is 5.97 Å². The first-order chi connectivity index (χ1) is 11.9. The van der Waals surface area contributed by atoms with Gasteiger partial charge in [0.05, 0.1) is 6.42 Å². The van der Waals surface area contributed by atoms with Gasteiger partial charge in [-0.2, -0.15) is 0 Å². The number of para-hydroxylation sites is 1. The summed E-state index contributed by atoms with van der Waals surface area (Å²) in [6.07, 6.45) is -0.00794. The van der Waals surface area contributed by atoms with E-state index in [1.165, 1.54) is 4.90 Å². The first kappa shape index (κ1) is 17.0. The van der Waals surface area contributed by atoms with Gasteiger partial charge in [-0.1, -0.05) is 35.9 Å². The summed E-state index contributed by atoms with van der Waals surface area (Å²) in [7, 11) is 3.35. The number of nitrogens with zero attached hydrogens (tertiary/aromatic N) is 2. The van der Waals surface area contributed by atoms with E-state index in [0.29, 0.717) is 16.3 Å². The van der Waals surface area contributed by atoms with Crippen molar-refractivity contribution < 1.29 is 14.7 Å². The van der Waals surface area contributed by atoms with Crippen molar-refractivity contribution in [2.75, 3.05) is 11.9 Å². The van der Waals surface area contributed by atoms with Gasteiger partial charge >= 0.3 is 5.97 Å². The van der Waals surface area contributed by atoms with E-state index in [1.54, 1.807) is 42.9 Å². The molecule has 1 amide bonds. The molecule has 0 aliphatic carbocycles. The minimum Gasteiger partial charge on any atom is -0.477 e. The fourth-order valence-electron chi connectivity index (χ4n) is 3.02. The van der Waals surface area contributed by atoms with Gasteiger partial charge in [0.15, 0.2) is 0 Å². The molecule has 0 radical (unpaired) electrons. The van der Waals surface area contributed by atoms with E-state index >= 15 is 0 Å². The smallest absolute Gasteiger partial charge is 0.352 e.